The van der Waals surface area contributed by atoms with E-state index < -0.39 is 0 Å². The zero-order valence-electron chi connectivity index (χ0n) is 12.6. The summed E-state index contributed by atoms with van der Waals surface area (Å²) in [7, 11) is 0. The Kier molecular flexibility index (Phi) is 7.16. The number of carbonyl (C=O) groups is 1. The van der Waals surface area contributed by atoms with Crippen LogP contribution >= 0.6 is 24.2 Å². The maximum Gasteiger partial charge on any atom is 0.220 e. The summed E-state index contributed by atoms with van der Waals surface area (Å²) in [6, 6.07) is 0. The van der Waals surface area contributed by atoms with Crippen molar-refractivity contribution in [3.63, 3.8) is 0 Å². The molecule has 0 aromatic heterocycles. The average molecular weight is 321 g/mol. The van der Waals surface area contributed by atoms with Gasteiger partial charge in [-0.05, 0) is 50.3 Å². The fraction of sp³-hybridized carbons (Fsp3) is 0.933. The van der Waals surface area contributed by atoms with E-state index in [2.05, 4.69) is 12.2 Å². The smallest absolute Gasteiger partial charge is 0.220 e. The van der Waals surface area contributed by atoms with Gasteiger partial charge in [0, 0.05) is 17.7 Å². The van der Waals surface area contributed by atoms with E-state index in [1.165, 1.54) is 37.9 Å². The summed E-state index contributed by atoms with van der Waals surface area (Å²) in [6.07, 6.45) is 9.16. The lowest BCUT2D eigenvalue weighted by Crippen LogP contribution is -2.42. The van der Waals surface area contributed by atoms with Gasteiger partial charge in [-0.3, -0.25) is 4.79 Å². The summed E-state index contributed by atoms with van der Waals surface area (Å²) in [5.41, 5.74) is 6.04. The van der Waals surface area contributed by atoms with Gasteiger partial charge in [-0.25, -0.2) is 0 Å². The van der Waals surface area contributed by atoms with Crippen molar-refractivity contribution in [3.05, 3.63) is 0 Å². The van der Waals surface area contributed by atoms with Crippen LogP contribution in [0.15, 0.2) is 0 Å². The summed E-state index contributed by atoms with van der Waals surface area (Å²) < 4.78 is 0.262. The second-order valence-electron chi connectivity index (χ2n) is 6.62. The molecule has 2 fully saturated rings. The summed E-state index contributed by atoms with van der Waals surface area (Å²) in [5.74, 6) is 1.44. The van der Waals surface area contributed by atoms with E-state index >= 15 is 0 Å². The van der Waals surface area contributed by atoms with Gasteiger partial charge in [0.1, 0.15) is 0 Å². The monoisotopic (exact) mass is 320 g/mol. The molecule has 2 aliphatic rings. The Labute approximate surface area is 133 Å². The molecule has 2 rings (SSSR count). The van der Waals surface area contributed by atoms with Gasteiger partial charge in [-0.2, -0.15) is 11.8 Å². The standard InChI is InChI=1S/C15H28N2OS.ClH/c1-14(6-5-9-19-14)12-17-13(18)10-15(11-16)7-3-2-4-8-15;/h2-12,16H2,1H3,(H,17,18);1H. The first kappa shape index (κ1) is 18.1. The number of amides is 1. The molecule has 3 nitrogen and oxygen atoms in total. The number of nitrogens with one attached hydrogen (secondary N) is 1. The number of carbonyl (C=O) groups excluding carboxylic acids is 1. The highest BCUT2D eigenvalue weighted by Gasteiger charge is 2.34. The van der Waals surface area contributed by atoms with Crippen LogP contribution in [0.25, 0.3) is 0 Å². The quantitative estimate of drug-likeness (QED) is 0.818. The van der Waals surface area contributed by atoms with E-state index in [4.69, 9.17) is 5.73 Å². The minimum Gasteiger partial charge on any atom is -0.355 e. The van der Waals surface area contributed by atoms with Crippen LogP contribution in [0.2, 0.25) is 0 Å². The Morgan fingerprint density at radius 3 is 2.45 bits per heavy atom. The van der Waals surface area contributed by atoms with Crippen molar-refractivity contribution in [2.45, 2.75) is 63.0 Å². The molecule has 0 radical (unpaired) electrons. The molecule has 118 valence electrons. The van der Waals surface area contributed by atoms with Crippen molar-refractivity contribution < 1.29 is 4.79 Å². The number of rotatable bonds is 5. The van der Waals surface area contributed by atoms with E-state index in [0.717, 1.165) is 19.4 Å². The molecule has 5 heteroatoms. The molecule has 1 saturated heterocycles. The molecule has 0 spiro atoms. The SMILES string of the molecule is CC1(CNC(=O)CC2(CN)CCCCC2)CCCS1.Cl. The average Bonchev–Trinajstić information content (AvgIpc) is 2.85. The summed E-state index contributed by atoms with van der Waals surface area (Å²) in [5, 5.41) is 3.16. The van der Waals surface area contributed by atoms with Crippen LogP contribution in [0.3, 0.4) is 0 Å². The predicted molar refractivity (Wildman–Crippen MR) is 89.5 cm³/mol. The molecular weight excluding hydrogens is 292 g/mol. The van der Waals surface area contributed by atoms with Gasteiger partial charge in [-0.15, -0.1) is 12.4 Å². The maximum absolute atomic E-state index is 12.2. The lowest BCUT2D eigenvalue weighted by atomic mass is 9.71. The van der Waals surface area contributed by atoms with Crippen molar-refractivity contribution in [2.75, 3.05) is 18.8 Å². The summed E-state index contributed by atoms with van der Waals surface area (Å²) >= 11 is 2.00. The second kappa shape index (κ2) is 7.90. The molecular formula is C15H29ClN2OS. The first-order valence-corrected chi connectivity index (χ1v) is 8.67. The molecule has 1 amide bonds. The van der Waals surface area contributed by atoms with Crippen molar-refractivity contribution >= 4 is 30.1 Å². The number of nitrogens with two attached hydrogens (primary N) is 1. The number of hydrogen-bond acceptors (Lipinski definition) is 3. The molecule has 20 heavy (non-hydrogen) atoms. The van der Waals surface area contributed by atoms with Gasteiger partial charge < -0.3 is 11.1 Å². The topological polar surface area (TPSA) is 55.1 Å². The highest BCUT2D eigenvalue weighted by atomic mass is 35.5. The van der Waals surface area contributed by atoms with Gasteiger partial charge in [0.05, 0.1) is 0 Å². The van der Waals surface area contributed by atoms with Crippen LogP contribution in [0.4, 0.5) is 0 Å². The number of hydrogen-bond donors (Lipinski definition) is 2. The predicted octanol–water partition coefficient (Wildman–Crippen LogP) is 3.11. The van der Waals surface area contributed by atoms with E-state index in [1.54, 1.807) is 0 Å². The Morgan fingerprint density at radius 2 is 1.90 bits per heavy atom. The minimum absolute atomic E-state index is 0. The first-order valence-electron chi connectivity index (χ1n) is 7.68. The van der Waals surface area contributed by atoms with Crippen LogP contribution in [-0.2, 0) is 4.79 Å². The molecule has 1 unspecified atom stereocenters. The molecule has 1 aliphatic heterocycles. The molecule has 1 atom stereocenters. The Hall–Kier alpha value is 0.0700. The van der Waals surface area contributed by atoms with Crippen molar-refractivity contribution in [1.29, 1.82) is 0 Å². The zero-order valence-corrected chi connectivity index (χ0v) is 14.2. The van der Waals surface area contributed by atoms with E-state index in [9.17, 15) is 4.79 Å². The van der Waals surface area contributed by atoms with Gasteiger partial charge in [0.25, 0.3) is 0 Å². The molecule has 1 heterocycles. The molecule has 3 N–H and O–H groups in total. The number of thioether (sulfide) groups is 1. The Morgan fingerprint density at radius 1 is 1.20 bits per heavy atom. The van der Waals surface area contributed by atoms with Crippen molar-refractivity contribution in [3.8, 4) is 0 Å². The van der Waals surface area contributed by atoms with E-state index in [1.807, 2.05) is 11.8 Å². The summed E-state index contributed by atoms with van der Waals surface area (Å²) in [6.45, 7) is 3.74. The lowest BCUT2D eigenvalue weighted by molar-refractivity contribution is -0.124. The molecule has 0 aromatic rings. The largest absolute Gasteiger partial charge is 0.355 e. The fourth-order valence-electron chi connectivity index (χ4n) is 3.42. The van der Waals surface area contributed by atoms with Gasteiger partial charge in [0.15, 0.2) is 0 Å². The van der Waals surface area contributed by atoms with Crippen LogP contribution < -0.4 is 11.1 Å². The second-order valence-corrected chi connectivity index (χ2v) is 8.30. The lowest BCUT2D eigenvalue weighted by Gasteiger charge is -2.36. The van der Waals surface area contributed by atoms with Crippen LogP contribution in [0.1, 0.15) is 58.3 Å². The Balaban J connectivity index is 0.00000200. The highest BCUT2D eigenvalue weighted by molar-refractivity contribution is 8.00. The van der Waals surface area contributed by atoms with Crippen LogP contribution in [0.5, 0.6) is 0 Å². The minimum atomic E-state index is 0. The molecule has 1 aliphatic carbocycles. The number of halogens is 1. The van der Waals surface area contributed by atoms with Gasteiger partial charge in [0.2, 0.25) is 5.91 Å². The van der Waals surface area contributed by atoms with Crippen molar-refractivity contribution in [1.82, 2.24) is 5.32 Å². The normalized spacial score (nSPS) is 28.7. The van der Waals surface area contributed by atoms with Crippen LogP contribution in [-0.4, -0.2) is 29.5 Å². The highest BCUT2D eigenvalue weighted by Crippen LogP contribution is 2.39. The molecule has 0 bridgehead atoms. The summed E-state index contributed by atoms with van der Waals surface area (Å²) in [4.78, 5) is 12.2. The molecule has 0 aromatic carbocycles. The van der Waals surface area contributed by atoms with Crippen LogP contribution in [0, 0.1) is 5.41 Å². The zero-order chi connectivity index (χ0) is 13.8. The Bertz CT molecular complexity index is 313. The third-order valence-electron chi connectivity index (χ3n) is 4.84. The first-order chi connectivity index (χ1) is 9.08. The third-order valence-corrected chi connectivity index (χ3v) is 6.38. The van der Waals surface area contributed by atoms with Gasteiger partial charge in [-0.1, -0.05) is 19.3 Å². The molecule has 1 saturated carbocycles. The fourth-order valence-corrected chi connectivity index (χ4v) is 4.66. The third kappa shape index (κ3) is 4.81. The van der Waals surface area contributed by atoms with E-state index in [0.29, 0.717) is 13.0 Å². The maximum atomic E-state index is 12.2. The van der Waals surface area contributed by atoms with Crippen molar-refractivity contribution in [2.24, 2.45) is 11.1 Å². The van der Waals surface area contributed by atoms with Gasteiger partial charge >= 0.3 is 0 Å². The van der Waals surface area contributed by atoms with E-state index in [-0.39, 0.29) is 28.5 Å².